The fourth-order valence-corrected chi connectivity index (χ4v) is 0.431. The van der Waals surface area contributed by atoms with Crippen LogP contribution in [0.1, 0.15) is 34.6 Å². The molecule has 0 rings (SSSR count). The number of hydrogen-bond donors (Lipinski definition) is 0. The van der Waals surface area contributed by atoms with E-state index in [-0.39, 0.29) is 16.3 Å². The van der Waals surface area contributed by atoms with Crippen molar-refractivity contribution >= 4 is 26.6 Å². The molecule has 0 bridgehead atoms. The molecule has 0 heterocycles. The zero-order valence-corrected chi connectivity index (χ0v) is 9.69. The molecule has 0 atom stereocenters. The summed E-state index contributed by atoms with van der Waals surface area (Å²) in [5, 5.41) is 0. The van der Waals surface area contributed by atoms with Gasteiger partial charge in [0.1, 0.15) is 5.60 Å². The average molecular weight is 239 g/mol. The first kappa shape index (κ1) is 14.2. The molecule has 12 heavy (non-hydrogen) atoms. The van der Waals surface area contributed by atoms with Crippen molar-refractivity contribution in [2.24, 2.45) is 0 Å². The summed E-state index contributed by atoms with van der Waals surface area (Å²) in [5.41, 5.74) is -0.328. The van der Waals surface area contributed by atoms with Crippen molar-refractivity contribution in [3.63, 3.8) is 0 Å². The second-order valence-corrected chi connectivity index (χ2v) is 4.29. The Hall–Kier alpha value is -0.380. The quantitative estimate of drug-likeness (QED) is 0.481. The number of halogens is 1. The summed E-state index contributed by atoms with van der Waals surface area (Å²) >= 11 is 2.63. The van der Waals surface area contributed by atoms with E-state index in [1.807, 2.05) is 20.8 Å². The third-order valence-corrected chi connectivity index (χ3v) is 0.450. The van der Waals surface area contributed by atoms with E-state index in [1.54, 1.807) is 0 Å². The summed E-state index contributed by atoms with van der Waals surface area (Å²) in [6.07, 6.45) is 0. The van der Waals surface area contributed by atoms with Gasteiger partial charge in [0.2, 0.25) is 0 Å². The molecule has 0 fully saturated rings. The van der Waals surface area contributed by atoms with Gasteiger partial charge >= 0.3 is 5.97 Å². The van der Waals surface area contributed by atoms with E-state index in [1.165, 1.54) is 13.8 Å². The molecule has 0 saturated heterocycles. The molecule has 0 aliphatic heterocycles. The molecule has 0 aromatic rings. The summed E-state index contributed by atoms with van der Waals surface area (Å²) in [6.45, 7) is 8.38. The zero-order chi connectivity index (χ0) is 10.4. The number of rotatable bonds is 0. The van der Waals surface area contributed by atoms with Gasteiger partial charge < -0.3 is 4.74 Å². The minimum absolute atomic E-state index is 0.0208. The molecule has 0 aliphatic carbocycles. The van der Waals surface area contributed by atoms with E-state index >= 15 is 0 Å². The normalized spacial score (nSPS) is 9.50. The number of hydrogen-bond acceptors (Lipinski definition) is 3. The van der Waals surface area contributed by atoms with Gasteiger partial charge in [0.25, 0.3) is 0 Å². The minimum Gasteiger partial charge on any atom is -0.460 e. The Morgan fingerprint density at radius 2 is 1.42 bits per heavy atom. The number of ether oxygens (including phenoxy) is 1. The molecule has 4 heteroatoms. The molecule has 0 spiro atoms. The molecule has 0 aromatic heterocycles. The minimum atomic E-state index is -0.328. The Bertz CT molecular complexity index is 154. The van der Waals surface area contributed by atoms with Gasteiger partial charge in [-0.05, 0) is 36.7 Å². The third kappa shape index (κ3) is 33.5. The molecular formula is C8H15BrO3. The van der Waals surface area contributed by atoms with E-state index in [4.69, 9.17) is 4.74 Å². The van der Waals surface area contributed by atoms with Crippen molar-refractivity contribution in [1.82, 2.24) is 0 Å². The van der Waals surface area contributed by atoms with Crippen molar-refractivity contribution < 1.29 is 14.3 Å². The van der Waals surface area contributed by atoms with Crippen molar-refractivity contribution in [3.05, 3.63) is 0 Å². The van der Waals surface area contributed by atoms with Gasteiger partial charge in [0.05, 0.1) is 0 Å². The van der Waals surface area contributed by atoms with Crippen LogP contribution in [-0.2, 0) is 14.3 Å². The number of carbonyl (C=O) groups excluding carboxylic acids is 2. The zero-order valence-electron chi connectivity index (χ0n) is 8.10. The van der Waals surface area contributed by atoms with Crippen LogP contribution >= 0.6 is 15.9 Å². The molecule has 3 nitrogen and oxygen atoms in total. The Morgan fingerprint density at radius 3 is 1.42 bits per heavy atom. The highest BCUT2D eigenvalue weighted by Gasteiger charge is 2.11. The molecule has 72 valence electrons. The molecule has 0 unspecified atom stereocenters. The average Bonchev–Trinajstić information content (AvgIpc) is 1.52. The lowest BCUT2D eigenvalue weighted by atomic mass is 10.2. The molecule has 0 aromatic carbocycles. The highest BCUT2D eigenvalue weighted by Crippen LogP contribution is 2.05. The first-order valence-electron chi connectivity index (χ1n) is 3.51. The summed E-state index contributed by atoms with van der Waals surface area (Å²) in [6, 6.07) is 0. The topological polar surface area (TPSA) is 43.4 Å². The molecule has 0 amide bonds. The molecular weight excluding hydrogens is 224 g/mol. The molecule has 0 radical (unpaired) electrons. The first-order chi connectivity index (χ1) is 5.15. The standard InChI is InChI=1S/C6H12O2.C2H3BrO/c1-5(7)8-6(2,3)4;1-2(3)4/h1-4H3;1H3. The Balaban J connectivity index is 0. The summed E-state index contributed by atoms with van der Waals surface area (Å²) in [4.78, 5) is 19.6. The maximum Gasteiger partial charge on any atom is 0.303 e. The predicted octanol–water partition coefficient (Wildman–Crippen LogP) is 2.28. The van der Waals surface area contributed by atoms with Crippen LogP contribution in [0.3, 0.4) is 0 Å². The number of carbonyl (C=O) groups is 2. The molecule has 0 aliphatic rings. The van der Waals surface area contributed by atoms with Crippen LogP contribution in [-0.4, -0.2) is 16.3 Å². The second kappa shape index (κ2) is 6.17. The number of esters is 1. The highest BCUT2D eigenvalue weighted by molar-refractivity contribution is 9.18. The van der Waals surface area contributed by atoms with Gasteiger partial charge in [-0.3, -0.25) is 9.59 Å². The maximum atomic E-state index is 10.2. The summed E-state index contributed by atoms with van der Waals surface area (Å²) in [7, 11) is 0. The van der Waals surface area contributed by atoms with E-state index in [9.17, 15) is 9.59 Å². The van der Waals surface area contributed by atoms with Gasteiger partial charge in [-0.15, -0.1) is 0 Å². The Morgan fingerprint density at radius 1 is 1.17 bits per heavy atom. The predicted molar refractivity (Wildman–Crippen MR) is 51.1 cm³/mol. The van der Waals surface area contributed by atoms with Gasteiger partial charge in [0.15, 0.2) is 4.69 Å². The third-order valence-electron chi connectivity index (χ3n) is 0.450. The molecule has 0 N–H and O–H groups in total. The first-order valence-corrected chi connectivity index (χ1v) is 4.30. The second-order valence-electron chi connectivity index (χ2n) is 3.18. The lowest BCUT2D eigenvalue weighted by molar-refractivity contribution is -0.151. The van der Waals surface area contributed by atoms with Crippen LogP contribution in [0, 0.1) is 0 Å². The van der Waals surface area contributed by atoms with Crippen LogP contribution in [0.4, 0.5) is 0 Å². The maximum absolute atomic E-state index is 10.2. The Kier molecular flexibility index (Phi) is 7.28. The largest absolute Gasteiger partial charge is 0.460 e. The molecule has 0 saturated carbocycles. The fourth-order valence-electron chi connectivity index (χ4n) is 0.431. The monoisotopic (exact) mass is 238 g/mol. The van der Waals surface area contributed by atoms with Crippen molar-refractivity contribution in [1.29, 1.82) is 0 Å². The van der Waals surface area contributed by atoms with E-state index in [0.29, 0.717) is 0 Å². The van der Waals surface area contributed by atoms with Crippen LogP contribution in [0.2, 0.25) is 0 Å². The van der Waals surface area contributed by atoms with Crippen LogP contribution in [0.25, 0.3) is 0 Å². The Labute approximate surface area is 81.6 Å². The smallest absolute Gasteiger partial charge is 0.303 e. The van der Waals surface area contributed by atoms with Gasteiger partial charge in [0, 0.05) is 13.8 Å². The van der Waals surface area contributed by atoms with Crippen LogP contribution in [0.15, 0.2) is 0 Å². The lowest BCUT2D eigenvalue weighted by Gasteiger charge is -2.17. The summed E-state index contributed by atoms with van der Waals surface area (Å²) in [5.74, 6) is -0.225. The lowest BCUT2D eigenvalue weighted by Crippen LogP contribution is -2.21. The van der Waals surface area contributed by atoms with Crippen molar-refractivity contribution in [2.75, 3.05) is 0 Å². The fraction of sp³-hybridized carbons (Fsp3) is 0.750. The van der Waals surface area contributed by atoms with Gasteiger partial charge in [-0.1, -0.05) is 0 Å². The van der Waals surface area contributed by atoms with Gasteiger partial charge in [-0.2, -0.15) is 0 Å². The van der Waals surface area contributed by atoms with E-state index in [2.05, 4.69) is 15.9 Å². The van der Waals surface area contributed by atoms with Crippen molar-refractivity contribution in [3.8, 4) is 0 Å². The van der Waals surface area contributed by atoms with Crippen molar-refractivity contribution in [2.45, 2.75) is 40.2 Å². The van der Waals surface area contributed by atoms with E-state index < -0.39 is 0 Å². The summed E-state index contributed by atoms with van der Waals surface area (Å²) < 4.78 is 4.78. The highest BCUT2D eigenvalue weighted by atomic mass is 79.9. The van der Waals surface area contributed by atoms with E-state index in [0.717, 1.165) is 0 Å². The van der Waals surface area contributed by atoms with Crippen LogP contribution in [0.5, 0.6) is 0 Å². The van der Waals surface area contributed by atoms with Crippen LogP contribution < -0.4 is 0 Å². The van der Waals surface area contributed by atoms with Gasteiger partial charge in [-0.25, -0.2) is 0 Å². The SMILES string of the molecule is CC(=O)Br.CC(=O)OC(C)(C)C.